The molecular formula is C11H11F3O2. The lowest BCUT2D eigenvalue weighted by Crippen LogP contribution is -2.14. The van der Waals surface area contributed by atoms with E-state index in [1.807, 2.05) is 0 Å². The van der Waals surface area contributed by atoms with E-state index < -0.39 is 29.8 Å². The van der Waals surface area contributed by atoms with Gasteiger partial charge in [0.2, 0.25) is 0 Å². The highest BCUT2D eigenvalue weighted by Crippen LogP contribution is 2.14. The summed E-state index contributed by atoms with van der Waals surface area (Å²) in [4.78, 5) is 11.2. The van der Waals surface area contributed by atoms with Crippen LogP contribution < -0.4 is 0 Å². The number of carbonyl (C=O) groups excluding carboxylic acids is 1. The van der Waals surface area contributed by atoms with Gasteiger partial charge in [0.05, 0.1) is 12.5 Å². The third kappa shape index (κ3) is 3.25. The third-order valence-electron chi connectivity index (χ3n) is 1.79. The van der Waals surface area contributed by atoms with Gasteiger partial charge in [0.1, 0.15) is 5.82 Å². The van der Waals surface area contributed by atoms with Crippen LogP contribution in [0.3, 0.4) is 0 Å². The summed E-state index contributed by atoms with van der Waals surface area (Å²) >= 11 is 0. The predicted octanol–water partition coefficient (Wildman–Crippen LogP) is 2.60. The number of esters is 1. The number of hydrogen-bond acceptors (Lipinski definition) is 2. The minimum absolute atomic E-state index is 0.218. The number of rotatable bonds is 3. The molecule has 0 radical (unpaired) electrons. The Morgan fingerprint density at radius 2 is 1.75 bits per heavy atom. The monoisotopic (exact) mass is 232 g/mol. The van der Waals surface area contributed by atoms with Gasteiger partial charge in [0.25, 0.3) is 0 Å². The summed E-state index contributed by atoms with van der Waals surface area (Å²) in [6, 6.07) is 1.07. The van der Waals surface area contributed by atoms with Gasteiger partial charge < -0.3 is 4.74 Å². The Morgan fingerprint density at radius 3 is 2.31 bits per heavy atom. The maximum absolute atomic E-state index is 13.1. The zero-order valence-electron chi connectivity index (χ0n) is 8.89. The van der Waals surface area contributed by atoms with Crippen molar-refractivity contribution in [1.82, 2.24) is 0 Å². The Hall–Kier alpha value is -1.52. The van der Waals surface area contributed by atoms with Crippen LogP contribution in [-0.2, 0) is 16.0 Å². The molecule has 0 N–H and O–H groups in total. The molecule has 0 aliphatic carbocycles. The Labute approximate surface area is 91.0 Å². The summed E-state index contributed by atoms with van der Waals surface area (Å²) in [5.41, 5.74) is -0.218. The van der Waals surface area contributed by atoms with Gasteiger partial charge in [-0.2, -0.15) is 0 Å². The molecule has 0 saturated heterocycles. The molecule has 1 rings (SSSR count). The fourth-order valence-corrected chi connectivity index (χ4v) is 1.16. The van der Waals surface area contributed by atoms with Crippen LogP contribution in [-0.4, -0.2) is 12.1 Å². The summed E-state index contributed by atoms with van der Waals surface area (Å²) in [6.07, 6.45) is -0.748. The molecule has 1 aromatic carbocycles. The molecule has 0 aliphatic rings. The average Bonchev–Trinajstić information content (AvgIpc) is 2.12. The maximum atomic E-state index is 13.1. The first-order valence-electron chi connectivity index (χ1n) is 4.73. The summed E-state index contributed by atoms with van der Waals surface area (Å²) in [5, 5.41) is 0. The van der Waals surface area contributed by atoms with Crippen LogP contribution in [0.25, 0.3) is 0 Å². The minimum atomic E-state index is -1.28. The Morgan fingerprint density at radius 1 is 1.19 bits per heavy atom. The first kappa shape index (κ1) is 12.5. The smallest absolute Gasteiger partial charge is 0.310 e. The highest BCUT2D eigenvalue weighted by atomic mass is 19.2. The van der Waals surface area contributed by atoms with Gasteiger partial charge in [-0.1, -0.05) is 0 Å². The van der Waals surface area contributed by atoms with Crippen molar-refractivity contribution < 1.29 is 22.7 Å². The molecule has 0 aliphatic heterocycles. The van der Waals surface area contributed by atoms with Gasteiger partial charge in [0, 0.05) is 11.6 Å². The van der Waals surface area contributed by atoms with E-state index >= 15 is 0 Å². The van der Waals surface area contributed by atoms with Crippen molar-refractivity contribution >= 4 is 5.97 Å². The Balaban J connectivity index is 2.81. The van der Waals surface area contributed by atoms with Crippen LogP contribution in [0.4, 0.5) is 13.2 Å². The summed E-state index contributed by atoms with van der Waals surface area (Å²) in [6.45, 7) is 3.28. The van der Waals surface area contributed by atoms with Crippen LogP contribution in [0.1, 0.15) is 19.4 Å². The molecule has 88 valence electrons. The largest absolute Gasteiger partial charge is 0.463 e. The van der Waals surface area contributed by atoms with E-state index in [4.69, 9.17) is 4.74 Å². The van der Waals surface area contributed by atoms with Gasteiger partial charge in [0.15, 0.2) is 11.6 Å². The van der Waals surface area contributed by atoms with Crippen molar-refractivity contribution in [3.8, 4) is 0 Å². The predicted molar refractivity (Wildman–Crippen MR) is 51.2 cm³/mol. The van der Waals surface area contributed by atoms with Crippen molar-refractivity contribution in [2.75, 3.05) is 0 Å². The SMILES string of the molecule is CC(C)OC(=O)Cc1cc(F)c(F)cc1F. The molecule has 0 heterocycles. The second-order valence-electron chi connectivity index (χ2n) is 3.57. The Bertz CT molecular complexity index is 402. The normalized spacial score (nSPS) is 10.6. The van der Waals surface area contributed by atoms with Crippen molar-refractivity contribution in [2.24, 2.45) is 0 Å². The van der Waals surface area contributed by atoms with E-state index in [0.29, 0.717) is 12.1 Å². The number of benzene rings is 1. The molecule has 2 nitrogen and oxygen atoms in total. The molecule has 5 heteroatoms. The zero-order chi connectivity index (χ0) is 12.3. The molecular weight excluding hydrogens is 221 g/mol. The highest BCUT2D eigenvalue weighted by molar-refractivity contribution is 5.72. The number of hydrogen-bond donors (Lipinski definition) is 0. The van der Waals surface area contributed by atoms with E-state index in [1.165, 1.54) is 0 Å². The van der Waals surface area contributed by atoms with Crippen LogP contribution in [0, 0.1) is 17.5 Å². The van der Waals surface area contributed by atoms with Crippen molar-refractivity contribution in [3.63, 3.8) is 0 Å². The number of ether oxygens (including phenoxy) is 1. The van der Waals surface area contributed by atoms with E-state index in [1.54, 1.807) is 13.8 Å². The molecule has 0 aromatic heterocycles. The quantitative estimate of drug-likeness (QED) is 0.591. The fourth-order valence-electron chi connectivity index (χ4n) is 1.16. The second kappa shape index (κ2) is 5.01. The third-order valence-corrected chi connectivity index (χ3v) is 1.79. The number of halogens is 3. The molecule has 0 bridgehead atoms. The molecule has 0 amide bonds. The van der Waals surface area contributed by atoms with E-state index in [0.717, 1.165) is 0 Å². The highest BCUT2D eigenvalue weighted by Gasteiger charge is 2.14. The van der Waals surface area contributed by atoms with Crippen LogP contribution >= 0.6 is 0 Å². The molecule has 16 heavy (non-hydrogen) atoms. The molecule has 0 unspecified atom stereocenters. The van der Waals surface area contributed by atoms with E-state index in [2.05, 4.69) is 0 Å². The van der Waals surface area contributed by atoms with E-state index in [-0.39, 0.29) is 11.7 Å². The molecule has 0 spiro atoms. The molecule has 1 aromatic rings. The summed E-state index contributed by atoms with van der Waals surface area (Å²) < 4.78 is 43.2. The lowest BCUT2D eigenvalue weighted by molar-refractivity contribution is -0.146. The van der Waals surface area contributed by atoms with Gasteiger partial charge in [-0.05, 0) is 19.9 Å². The van der Waals surface area contributed by atoms with Crippen LogP contribution in [0.15, 0.2) is 12.1 Å². The van der Waals surface area contributed by atoms with Crippen LogP contribution in [0.2, 0.25) is 0 Å². The average molecular weight is 232 g/mol. The van der Waals surface area contributed by atoms with Gasteiger partial charge in [-0.15, -0.1) is 0 Å². The van der Waals surface area contributed by atoms with Gasteiger partial charge in [-0.25, -0.2) is 13.2 Å². The van der Waals surface area contributed by atoms with E-state index in [9.17, 15) is 18.0 Å². The molecule has 0 fully saturated rings. The number of carbonyl (C=O) groups is 1. The topological polar surface area (TPSA) is 26.3 Å². The van der Waals surface area contributed by atoms with Gasteiger partial charge >= 0.3 is 5.97 Å². The summed E-state index contributed by atoms with van der Waals surface area (Å²) in [7, 11) is 0. The van der Waals surface area contributed by atoms with Crippen molar-refractivity contribution in [1.29, 1.82) is 0 Å². The molecule has 0 saturated carbocycles. The van der Waals surface area contributed by atoms with Crippen LogP contribution in [0.5, 0.6) is 0 Å². The fraction of sp³-hybridized carbons (Fsp3) is 0.364. The van der Waals surface area contributed by atoms with Crippen molar-refractivity contribution in [3.05, 3.63) is 35.1 Å². The maximum Gasteiger partial charge on any atom is 0.310 e. The first-order chi connectivity index (χ1) is 7.40. The summed E-state index contributed by atoms with van der Waals surface area (Å²) in [5.74, 6) is -4.10. The van der Waals surface area contributed by atoms with Gasteiger partial charge in [-0.3, -0.25) is 4.79 Å². The molecule has 0 atom stereocenters. The van der Waals surface area contributed by atoms with Crippen molar-refractivity contribution in [2.45, 2.75) is 26.4 Å². The lowest BCUT2D eigenvalue weighted by atomic mass is 10.1. The second-order valence-corrected chi connectivity index (χ2v) is 3.57. The Kier molecular flexibility index (Phi) is 3.93. The lowest BCUT2D eigenvalue weighted by Gasteiger charge is -2.08. The minimum Gasteiger partial charge on any atom is -0.463 e. The first-order valence-corrected chi connectivity index (χ1v) is 4.73. The zero-order valence-corrected chi connectivity index (χ0v) is 8.89. The standard InChI is InChI=1S/C11H11F3O2/c1-6(2)16-11(15)4-7-3-9(13)10(14)5-8(7)12/h3,5-6H,4H2,1-2H3.